The number of carbonyl (C=O) groups is 8. The Kier molecular flexibility index (Phi) is 18.6. The van der Waals surface area contributed by atoms with Crippen LogP contribution in [-0.4, -0.2) is 157 Å². The zero-order chi connectivity index (χ0) is 54.4. The van der Waals surface area contributed by atoms with E-state index in [9.17, 15) is 57.8 Å². The van der Waals surface area contributed by atoms with Gasteiger partial charge in [0.25, 0.3) is 11.4 Å². The number of Topliss-reactive ketones (excluding diaryl/α,β-unsaturated/α-hetero) is 1. The van der Waals surface area contributed by atoms with E-state index in [2.05, 4.69) is 20.9 Å². The first-order valence-electron chi connectivity index (χ1n) is 25.1. The number of aliphatic hydroxyl groups is 1. The highest BCUT2D eigenvalue weighted by atomic mass is 31.2. The average molecular weight is 1050 g/mol. The van der Waals surface area contributed by atoms with Crippen LogP contribution >= 0.6 is 7.60 Å². The summed E-state index contributed by atoms with van der Waals surface area (Å²) in [5, 5.41) is 18.9. The maximum absolute atomic E-state index is 16.1. The first-order chi connectivity index (χ1) is 34.7. The zero-order valence-electron chi connectivity index (χ0n) is 42.8. The molecule has 0 spiro atoms. The third-order valence-corrected chi connectivity index (χ3v) is 14.8. The minimum atomic E-state index is -5.09. The predicted molar refractivity (Wildman–Crippen MR) is 269 cm³/mol. The molecule has 0 saturated carbocycles. The van der Waals surface area contributed by atoms with E-state index < -0.39 is 84.0 Å². The van der Waals surface area contributed by atoms with Crippen molar-refractivity contribution in [3.63, 3.8) is 0 Å². The lowest BCUT2D eigenvalue weighted by Crippen LogP contribution is -2.60. The molecule has 21 nitrogen and oxygen atoms in total. The number of nitrogens with zero attached hydrogens (tertiary/aromatic N) is 3. The number of likely N-dealkylation sites (tertiary alicyclic amines) is 1. The second-order valence-electron chi connectivity index (χ2n) is 21.0. The van der Waals surface area contributed by atoms with Crippen molar-refractivity contribution in [2.24, 2.45) is 17.1 Å². The first-order valence-corrected chi connectivity index (χ1v) is 26.7. The van der Waals surface area contributed by atoms with Crippen LogP contribution < -0.4 is 26.4 Å². The van der Waals surface area contributed by atoms with E-state index >= 15 is 4.39 Å². The van der Waals surface area contributed by atoms with Gasteiger partial charge in [0.2, 0.25) is 29.5 Å². The molecule has 0 aliphatic carbocycles. The third kappa shape index (κ3) is 14.4. The van der Waals surface area contributed by atoms with Gasteiger partial charge in [0.1, 0.15) is 24.4 Å². The maximum Gasteiger partial charge on any atom is 0.396 e. The molecule has 0 bridgehead atoms. The van der Waals surface area contributed by atoms with Gasteiger partial charge in [-0.1, -0.05) is 33.3 Å². The molecule has 3 aliphatic heterocycles. The largest absolute Gasteiger partial charge is 0.488 e. The van der Waals surface area contributed by atoms with Crippen LogP contribution in [-0.2, 0) is 39.8 Å². The molecule has 4 heterocycles. The summed E-state index contributed by atoms with van der Waals surface area (Å²) in [6.45, 7) is 11.1. The molecule has 3 fully saturated rings. The lowest BCUT2D eigenvalue weighted by atomic mass is 9.85. The number of amides is 6. The number of aromatic amines is 1. The number of fused-ring (bicyclic) bond motifs is 2. The molecular formula is C51H70FN8O13P. The predicted octanol–water partition coefficient (Wildman–Crippen LogP) is 2.60. The first kappa shape index (κ1) is 57.2. The minimum absolute atomic E-state index is 0.0286. The Morgan fingerprint density at radius 2 is 1.70 bits per heavy atom. The van der Waals surface area contributed by atoms with Crippen LogP contribution in [0.3, 0.4) is 0 Å². The number of β-amino-alcohol motifs (C(OH)–C–C–N with tert-alkyl or cyclic N) is 1. The number of hydrogen-bond acceptors (Lipinski definition) is 12. The number of halogens is 1. The van der Waals surface area contributed by atoms with Crippen molar-refractivity contribution < 1.29 is 66.9 Å². The van der Waals surface area contributed by atoms with Gasteiger partial charge >= 0.3 is 7.60 Å². The number of carbonyl (C=O) groups excluding carboxylic acids is 8. The standard InChI is InChI=1S/C51H70FN8O13P/c1-28-20-31(10-8-7-9-11-42(64)57-46(51(4,5)6)49(68)60-25-35(62)22-29(60)2)43(52)40(21-28)73-27-34(13-15-41(53)63)54-47(66)36-16-17-58-18-19-59(30(3)61)26-39(45(65)44(36)58)56-48(67)38-24-33-23-32(12-14-37(33)55-38)50(69)74(70,71)72/h12,14,20-21,23-24,29,34-36,39,44,46,55,62H,7-11,13,15-19,22,25-27H2,1-6H3,(H2,53,63)(H,54,66)(H,56,67)(H,57,64)(H2,70,71,72)/t29-,34+,35-,36-,39+,44?,46-/m1/s1. The summed E-state index contributed by atoms with van der Waals surface area (Å²) < 4.78 is 33.7. The van der Waals surface area contributed by atoms with Crippen molar-refractivity contribution in [2.75, 3.05) is 39.3 Å². The lowest BCUT2D eigenvalue weighted by molar-refractivity contribution is -0.140. The molecule has 0 radical (unpaired) electrons. The molecule has 404 valence electrons. The average Bonchev–Trinajstić information content (AvgIpc) is 4.04. The molecule has 7 atom stereocenters. The van der Waals surface area contributed by atoms with Crippen LogP contribution in [0.4, 0.5) is 4.39 Å². The molecule has 1 unspecified atom stereocenters. The fraction of sp³-hybridized carbons (Fsp3) is 0.569. The summed E-state index contributed by atoms with van der Waals surface area (Å²) in [6, 6.07) is 4.27. The molecule has 6 rings (SSSR count). The summed E-state index contributed by atoms with van der Waals surface area (Å²) in [4.78, 5) is 132. The molecule has 3 saturated heterocycles. The fourth-order valence-corrected chi connectivity index (χ4v) is 10.5. The smallest absolute Gasteiger partial charge is 0.396 e. The van der Waals surface area contributed by atoms with Crippen molar-refractivity contribution in [2.45, 2.75) is 136 Å². The SMILES string of the molecule is CC(=O)N1CCN2CC[C@@H](C(=O)N[C@@H](CCC(N)=O)COc3cc(C)cc(CCCCCC(=O)N[C@H](C(=O)N4C[C@H](O)C[C@H]4C)C(C)(C)C)c3F)C2C(=O)[C@@H](NC(=O)c2cc3cc(C(=O)P(=O)(O)O)ccc3[nH]2)C1. The number of aliphatic hydroxyl groups excluding tert-OH is 1. The second-order valence-corrected chi connectivity index (χ2v) is 22.5. The van der Waals surface area contributed by atoms with Crippen LogP contribution in [0.2, 0.25) is 0 Å². The van der Waals surface area contributed by atoms with Crippen molar-refractivity contribution in [1.29, 1.82) is 0 Å². The number of ether oxygens (including phenoxy) is 1. The van der Waals surface area contributed by atoms with Crippen LogP contribution in [0.5, 0.6) is 5.75 Å². The number of hydrogen-bond donors (Lipinski definition) is 8. The summed E-state index contributed by atoms with van der Waals surface area (Å²) in [5.74, 6) is -4.96. The van der Waals surface area contributed by atoms with Crippen LogP contribution in [0.25, 0.3) is 10.9 Å². The van der Waals surface area contributed by atoms with E-state index in [0.717, 1.165) is 0 Å². The van der Waals surface area contributed by atoms with Gasteiger partial charge in [0.05, 0.1) is 24.1 Å². The number of aryl methyl sites for hydroxylation is 2. The Hall–Kier alpha value is -6.06. The zero-order valence-corrected chi connectivity index (χ0v) is 43.7. The minimum Gasteiger partial charge on any atom is -0.488 e. The number of ketones is 1. The summed E-state index contributed by atoms with van der Waals surface area (Å²) in [6.07, 6.45) is 2.11. The van der Waals surface area contributed by atoms with Gasteiger partial charge in [-0.25, -0.2) is 4.39 Å². The molecule has 2 aromatic carbocycles. The number of nitrogens with one attached hydrogen (secondary N) is 4. The summed E-state index contributed by atoms with van der Waals surface area (Å²) >= 11 is 0. The lowest BCUT2D eigenvalue weighted by Gasteiger charge is -2.37. The van der Waals surface area contributed by atoms with E-state index in [1.807, 2.05) is 27.7 Å². The van der Waals surface area contributed by atoms with Crippen molar-refractivity contribution in [3.05, 3.63) is 64.6 Å². The highest BCUT2D eigenvalue weighted by Gasteiger charge is 2.48. The number of H-pyrrole nitrogens is 1. The molecule has 6 amide bonds. The summed E-state index contributed by atoms with van der Waals surface area (Å²) in [7, 11) is -5.09. The monoisotopic (exact) mass is 1050 g/mol. The number of unbranched alkanes of at least 4 members (excludes halogenated alkanes) is 2. The maximum atomic E-state index is 16.1. The van der Waals surface area contributed by atoms with Gasteiger partial charge < -0.3 is 56.1 Å². The normalized spacial score (nSPS) is 21.3. The van der Waals surface area contributed by atoms with E-state index in [1.54, 1.807) is 22.8 Å². The molecular weight excluding hydrogens is 983 g/mol. The van der Waals surface area contributed by atoms with Crippen molar-refractivity contribution in [3.8, 4) is 5.75 Å². The number of primary amides is 1. The van der Waals surface area contributed by atoms with E-state index in [1.165, 1.54) is 42.2 Å². The van der Waals surface area contributed by atoms with Gasteiger partial charge in [-0.3, -0.25) is 47.8 Å². The van der Waals surface area contributed by atoms with Crippen LogP contribution in [0.1, 0.15) is 118 Å². The highest BCUT2D eigenvalue weighted by Crippen LogP contribution is 2.39. The van der Waals surface area contributed by atoms with Crippen LogP contribution in [0, 0.1) is 24.1 Å². The summed E-state index contributed by atoms with van der Waals surface area (Å²) in [5.41, 5.74) is 4.66. The Bertz CT molecular complexity index is 2690. The van der Waals surface area contributed by atoms with Crippen molar-refractivity contribution >= 4 is 65.2 Å². The number of benzene rings is 2. The molecule has 1 aromatic heterocycles. The number of rotatable bonds is 20. The van der Waals surface area contributed by atoms with Gasteiger partial charge in [-0.15, -0.1) is 0 Å². The van der Waals surface area contributed by atoms with E-state index in [-0.39, 0.29) is 105 Å². The Labute approximate surface area is 429 Å². The molecule has 23 heteroatoms. The van der Waals surface area contributed by atoms with Gasteiger partial charge in [-0.05, 0) is 106 Å². The Balaban J connectivity index is 1.08. The molecule has 9 N–H and O–H groups in total. The highest BCUT2D eigenvalue weighted by molar-refractivity contribution is 7.70. The van der Waals surface area contributed by atoms with Gasteiger partial charge in [-0.2, -0.15) is 0 Å². The second kappa shape index (κ2) is 24.1. The number of aromatic nitrogens is 1. The third-order valence-electron chi connectivity index (χ3n) is 14.0. The Morgan fingerprint density at radius 1 is 0.973 bits per heavy atom. The fourth-order valence-electron chi connectivity index (χ4n) is 10.1. The topological polar surface area (TPSA) is 311 Å². The Morgan fingerprint density at radius 3 is 2.35 bits per heavy atom. The molecule has 74 heavy (non-hydrogen) atoms. The van der Waals surface area contributed by atoms with Crippen LogP contribution in [0.15, 0.2) is 36.4 Å². The van der Waals surface area contributed by atoms with E-state index in [0.29, 0.717) is 55.3 Å². The quantitative estimate of drug-likeness (QED) is 0.0596. The van der Waals surface area contributed by atoms with Gasteiger partial charge in [0, 0.05) is 68.5 Å². The molecule has 3 aromatic rings. The number of nitrogens with two attached hydrogens (primary N) is 1. The van der Waals surface area contributed by atoms with E-state index in [4.69, 9.17) is 10.5 Å². The molecule has 3 aliphatic rings. The van der Waals surface area contributed by atoms with Gasteiger partial charge in [0.15, 0.2) is 17.3 Å². The van der Waals surface area contributed by atoms with Crippen molar-refractivity contribution in [1.82, 2.24) is 35.6 Å².